The molecule has 0 aromatic heterocycles. The Morgan fingerprint density at radius 1 is 1.03 bits per heavy atom. The number of carbonyl (C=O) groups excluding carboxylic acids is 1. The number of rotatable bonds is 7. The molecule has 178 valence electrons. The van der Waals surface area contributed by atoms with Gasteiger partial charge >= 0.3 is 0 Å². The summed E-state index contributed by atoms with van der Waals surface area (Å²) in [5.41, 5.74) is 2.61. The van der Waals surface area contributed by atoms with Crippen molar-refractivity contribution in [2.24, 2.45) is 0 Å². The Morgan fingerprint density at radius 3 is 2.50 bits per heavy atom. The Labute approximate surface area is 204 Å². The highest BCUT2D eigenvalue weighted by molar-refractivity contribution is 7.89. The van der Waals surface area contributed by atoms with Gasteiger partial charge in [-0.25, -0.2) is 8.42 Å². The highest BCUT2D eigenvalue weighted by Crippen LogP contribution is 2.35. The van der Waals surface area contributed by atoms with Crippen LogP contribution in [0.5, 0.6) is 11.5 Å². The van der Waals surface area contributed by atoms with Gasteiger partial charge in [0.2, 0.25) is 15.9 Å². The normalized spacial score (nSPS) is 15.9. The first kappa shape index (κ1) is 24.1. The number of sulfonamides is 1. The van der Waals surface area contributed by atoms with Crippen LogP contribution in [0.25, 0.3) is 0 Å². The van der Waals surface area contributed by atoms with E-state index in [0.29, 0.717) is 10.8 Å². The van der Waals surface area contributed by atoms with E-state index in [1.807, 2.05) is 30.3 Å². The van der Waals surface area contributed by atoms with Crippen molar-refractivity contribution in [1.29, 1.82) is 0 Å². The Hall–Kier alpha value is -3.07. The third-order valence-corrected chi connectivity index (χ3v) is 7.93. The second kappa shape index (κ2) is 10.0. The van der Waals surface area contributed by atoms with Gasteiger partial charge in [-0.05, 0) is 47.4 Å². The number of benzene rings is 3. The summed E-state index contributed by atoms with van der Waals surface area (Å²) in [5, 5.41) is 3.43. The maximum Gasteiger partial charge on any atom is 0.247 e. The zero-order chi connectivity index (χ0) is 24.3. The summed E-state index contributed by atoms with van der Waals surface area (Å²) in [6.07, 6.45) is 0.253. The fourth-order valence-electron chi connectivity index (χ4n) is 4.04. The van der Waals surface area contributed by atoms with Gasteiger partial charge in [0.05, 0.1) is 14.2 Å². The van der Waals surface area contributed by atoms with Crippen molar-refractivity contribution in [1.82, 2.24) is 9.62 Å². The lowest BCUT2D eigenvalue weighted by Crippen LogP contribution is -2.52. The number of carbonyl (C=O) groups is 1. The number of ether oxygens (including phenoxy) is 2. The maximum atomic E-state index is 13.9. The van der Waals surface area contributed by atoms with E-state index in [-0.39, 0.29) is 36.1 Å². The lowest BCUT2D eigenvalue weighted by atomic mass is 9.95. The molecule has 4 rings (SSSR count). The molecule has 1 heterocycles. The van der Waals surface area contributed by atoms with Crippen LogP contribution >= 0.6 is 11.6 Å². The number of hydrogen-bond acceptors (Lipinski definition) is 5. The number of methoxy groups -OCH3 is 2. The molecule has 1 N–H and O–H groups in total. The van der Waals surface area contributed by atoms with Crippen LogP contribution in [0.1, 0.15) is 16.7 Å². The molecular weight excluding hydrogens is 476 g/mol. The van der Waals surface area contributed by atoms with Crippen LogP contribution in [0, 0.1) is 0 Å². The van der Waals surface area contributed by atoms with Gasteiger partial charge in [-0.15, -0.1) is 0 Å². The molecule has 7 nitrogen and oxygen atoms in total. The summed E-state index contributed by atoms with van der Waals surface area (Å²) in [4.78, 5) is 13.3. The molecule has 0 aliphatic carbocycles. The number of nitrogens with zero attached hydrogens (tertiary/aromatic N) is 1. The van der Waals surface area contributed by atoms with Gasteiger partial charge < -0.3 is 14.8 Å². The van der Waals surface area contributed by atoms with Crippen molar-refractivity contribution in [3.8, 4) is 11.5 Å². The minimum absolute atomic E-state index is 0.0543. The number of nitrogens with one attached hydrogen (secondary N) is 1. The van der Waals surface area contributed by atoms with E-state index in [1.165, 1.54) is 30.7 Å². The molecule has 1 unspecified atom stereocenters. The van der Waals surface area contributed by atoms with Gasteiger partial charge in [0.1, 0.15) is 22.4 Å². The fraction of sp³-hybridized carbons (Fsp3) is 0.240. The van der Waals surface area contributed by atoms with E-state index in [2.05, 4.69) is 5.32 Å². The summed E-state index contributed by atoms with van der Waals surface area (Å²) in [5.74, 6) is 0.163. The predicted octanol–water partition coefficient (Wildman–Crippen LogP) is 3.79. The SMILES string of the molecule is COc1ccc(OC)c(S(=O)(=O)N2Cc3ccccc3CC2C(=O)NCc2cccc(Cl)c2)c1. The molecule has 9 heteroatoms. The minimum Gasteiger partial charge on any atom is -0.497 e. The molecule has 0 saturated heterocycles. The average Bonchev–Trinajstić information content (AvgIpc) is 2.86. The second-order valence-electron chi connectivity index (χ2n) is 7.90. The molecule has 34 heavy (non-hydrogen) atoms. The van der Waals surface area contributed by atoms with Crippen molar-refractivity contribution in [2.75, 3.05) is 14.2 Å². The van der Waals surface area contributed by atoms with Crippen LogP contribution in [-0.2, 0) is 34.3 Å². The second-order valence-corrected chi connectivity index (χ2v) is 10.2. The number of amides is 1. The van der Waals surface area contributed by atoms with E-state index in [4.69, 9.17) is 21.1 Å². The summed E-state index contributed by atoms with van der Waals surface area (Å²) in [6.45, 7) is 0.294. The van der Waals surface area contributed by atoms with E-state index >= 15 is 0 Å². The molecule has 0 spiro atoms. The van der Waals surface area contributed by atoms with Gasteiger partial charge in [-0.2, -0.15) is 4.31 Å². The van der Waals surface area contributed by atoms with Crippen LogP contribution < -0.4 is 14.8 Å². The van der Waals surface area contributed by atoms with Crippen LogP contribution in [0.15, 0.2) is 71.6 Å². The highest BCUT2D eigenvalue weighted by atomic mass is 35.5. The third-order valence-electron chi connectivity index (χ3n) is 5.82. The Balaban J connectivity index is 1.70. The molecule has 0 saturated carbocycles. The summed E-state index contributed by atoms with van der Waals surface area (Å²) in [6, 6.07) is 18.3. The van der Waals surface area contributed by atoms with Crippen LogP contribution in [-0.4, -0.2) is 38.9 Å². The Bertz CT molecular complexity index is 1310. The van der Waals surface area contributed by atoms with Crippen molar-refractivity contribution in [2.45, 2.75) is 30.4 Å². The van der Waals surface area contributed by atoms with E-state index in [1.54, 1.807) is 24.3 Å². The van der Waals surface area contributed by atoms with Gasteiger partial charge in [0.25, 0.3) is 0 Å². The molecule has 1 aliphatic heterocycles. The van der Waals surface area contributed by atoms with Gasteiger partial charge in [0.15, 0.2) is 0 Å². The Kier molecular flexibility index (Phi) is 7.11. The third kappa shape index (κ3) is 4.89. The smallest absolute Gasteiger partial charge is 0.247 e. The summed E-state index contributed by atoms with van der Waals surface area (Å²) < 4.78 is 39.5. The maximum absolute atomic E-state index is 13.9. The minimum atomic E-state index is -4.12. The largest absolute Gasteiger partial charge is 0.497 e. The zero-order valence-electron chi connectivity index (χ0n) is 18.8. The molecule has 1 aliphatic rings. The first-order valence-electron chi connectivity index (χ1n) is 10.7. The molecule has 0 radical (unpaired) electrons. The monoisotopic (exact) mass is 500 g/mol. The zero-order valence-corrected chi connectivity index (χ0v) is 20.4. The van der Waals surface area contributed by atoms with Crippen molar-refractivity contribution < 1.29 is 22.7 Å². The molecule has 0 bridgehead atoms. The summed E-state index contributed by atoms with van der Waals surface area (Å²) in [7, 11) is -1.25. The molecule has 1 amide bonds. The molecular formula is C25H25ClN2O5S. The number of halogens is 1. The van der Waals surface area contributed by atoms with Gasteiger partial charge in [-0.3, -0.25) is 4.79 Å². The molecule has 3 aromatic carbocycles. The molecule has 0 fully saturated rings. The van der Waals surface area contributed by atoms with Crippen LogP contribution in [0.3, 0.4) is 0 Å². The van der Waals surface area contributed by atoms with E-state index < -0.39 is 16.1 Å². The van der Waals surface area contributed by atoms with Crippen molar-refractivity contribution in [3.63, 3.8) is 0 Å². The number of hydrogen-bond donors (Lipinski definition) is 1. The standard InChI is InChI=1S/C25H25ClN2O5S/c1-32-21-10-11-23(33-2)24(14-21)34(30,31)28-16-19-8-4-3-7-18(19)13-22(28)25(29)27-15-17-6-5-9-20(26)12-17/h3-12,14,22H,13,15-16H2,1-2H3,(H,27,29). The lowest BCUT2D eigenvalue weighted by Gasteiger charge is -2.35. The topological polar surface area (TPSA) is 84.9 Å². The van der Waals surface area contributed by atoms with Crippen LogP contribution in [0.2, 0.25) is 5.02 Å². The van der Waals surface area contributed by atoms with Crippen molar-refractivity contribution >= 4 is 27.5 Å². The van der Waals surface area contributed by atoms with E-state index in [9.17, 15) is 13.2 Å². The Morgan fingerprint density at radius 2 is 1.79 bits per heavy atom. The van der Waals surface area contributed by atoms with E-state index in [0.717, 1.165) is 16.7 Å². The van der Waals surface area contributed by atoms with Gasteiger partial charge in [0, 0.05) is 24.2 Å². The fourth-order valence-corrected chi connectivity index (χ4v) is 5.99. The lowest BCUT2D eigenvalue weighted by molar-refractivity contribution is -0.125. The molecule has 3 aromatic rings. The predicted molar refractivity (Wildman–Crippen MR) is 130 cm³/mol. The quantitative estimate of drug-likeness (QED) is 0.533. The van der Waals surface area contributed by atoms with Gasteiger partial charge in [-0.1, -0.05) is 48.0 Å². The first-order chi connectivity index (χ1) is 16.3. The van der Waals surface area contributed by atoms with Crippen molar-refractivity contribution in [3.05, 3.63) is 88.4 Å². The van der Waals surface area contributed by atoms with Crippen LogP contribution in [0.4, 0.5) is 0 Å². The average molecular weight is 501 g/mol. The first-order valence-corrected chi connectivity index (χ1v) is 12.5. The highest BCUT2D eigenvalue weighted by Gasteiger charge is 2.40. The number of fused-ring (bicyclic) bond motifs is 1. The summed E-state index contributed by atoms with van der Waals surface area (Å²) >= 11 is 6.05. The molecule has 1 atom stereocenters.